The third-order valence-corrected chi connectivity index (χ3v) is 7.01. The average Bonchev–Trinajstić information content (AvgIpc) is 2.97. The Kier molecular flexibility index (Phi) is 10.5. The summed E-state index contributed by atoms with van der Waals surface area (Å²) in [5, 5.41) is 3.04. The third-order valence-electron chi connectivity index (χ3n) is 6.77. The van der Waals surface area contributed by atoms with Crippen LogP contribution in [-0.2, 0) is 14.3 Å². The van der Waals surface area contributed by atoms with Crippen LogP contribution >= 0.6 is 11.6 Å². The maximum atomic E-state index is 13.7. The number of pyridine rings is 1. The lowest BCUT2D eigenvalue weighted by atomic mass is 10.00. The number of hydrogen-bond donors (Lipinski definition) is 1. The van der Waals surface area contributed by atoms with E-state index in [4.69, 9.17) is 25.8 Å². The van der Waals surface area contributed by atoms with Gasteiger partial charge in [-0.1, -0.05) is 11.6 Å². The van der Waals surface area contributed by atoms with Gasteiger partial charge in [0.25, 0.3) is 5.56 Å². The Balaban J connectivity index is 1.70. The predicted octanol–water partition coefficient (Wildman–Crippen LogP) is 6.09. The molecule has 1 aliphatic rings. The number of nitrogens with one attached hydrogen (secondary N) is 1. The van der Waals surface area contributed by atoms with Crippen LogP contribution in [0.15, 0.2) is 59.5 Å². The first-order valence-electron chi connectivity index (χ1n) is 13.4. The van der Waals surface area contributed by atoms with Gasteiger partial charge < -0.3 is 24.3 Å². The zero-order valence-electron chi connectivity index (χ0n) is 23.1. The molecular formula is C30H31ClF2N2O7. The number of alkyl halides is 2. The minimum Gasteiger partial charge on any atom is -0.495 e. The van der Waals surface area contributed by atoms with Gasteiger partial charge >= 0.3 is 12.6 Å². The van der Waals surface area contributed by atoms with Crippen LogP contribution in [-0.4, -0.2) is 49.5 Å². The van der Waals surface area contributed by atoms with E-state index in [1.54, 1.807) is 19.1 Å². The molecular weight excluding hydrogens is 574 g/mol. The lowest BCUT2D eigenvalue weighted by molar-refractivity contribution is -0.121. The fraction of sp³-hybridized carbons (Fsp3) is 0.367. The number of carbonyl (C=O) groups excluding carboxylic acids is 2. The SMILES string of the molecule is CCOC(=O)c1ccc(NC(=O)C(C[C@@H]2CCCCO2)n2cc(OC)c(-c3cc(Cl)ccc3OC(F)F)cc2=O)cc1. The molecule has 0 radical (unpaired) electrons. The summed E-state index contributed by atoms with van der Waals surface area (Å²) in [5.74, 6) is -1.03. The lowest BCUT2D eigenvalue weighted by Crippen LogP contribution is -2.36. The Morgan fingerprint density at radius 1 is 1.10 bits per heavy atom. The number of ether oxygens (including phenoxy) is 4. The molecule has 224 valence electrons. The normalized spacial score (nSPS) is 15.6. The van der Waals surface area contributed by atoms with E-state index in [0.717, 1.165) is 19.3 Å². The summed E-state index contributed by atoms with van der Waals surface area (Å²) in [6.07, 6.45) is 3.85. The first kappa shape index (κ1) is 31.0. The van der Waals surface area contributed by atoms with Crippen molar-refractivity contribution >= 4 is 29.2 Å². The number of halogens is 3. The van der Waals surface area contributed by atoms with Crippen molar-refractivity contribution in [3.8, 4) is 22.6 Å². The molecule has 0 saturated carbocycles. The van der Waals surface area contributed by atoms with Gasteiger partial charge in [-0.15, -0.1) is 0 Å². The van der Waals surface area contributed by atoms with E-state index in [9.17, 15) is 23.2 Å². The number of rotatable bonds is 11. The highest BCUT2D eigenvalue weighted by Gasteiger charge is 2.29. The Hall–Kier alpha value is -3.96. The molecule has 1 unspecified atom stereocenters. The van der Waals surface area contributed by atoms with Crippen molar-refractivity contribution < 1.29 is 37.3 Å². The first-order chi connectivity index (χ1) is 20.2. The molecule has 12 heteroatoms. The zero-order chi connectivity index (χ0) is 30.2. The summed E-state index contributed by atoms with van der Waals surface area (Å²) >= 11 is 6.13. The fourth-order valence-corrected chi connectivity index (χ4v) is 4.95. The molecule has 1 aromatic heterocycles. The van der Waals surface area contributed by atoms with Crippen LogP contribution in [0, 0.1) is 0 Å². The van der Waals surface area contributed by atoms with Gasteiger partial charge in [-0.3, -0.25) is 14.2 Å². The molecule has 4 rings (SSSR count). The molecule has 42 heavy (non-hydrogen) atoms. The number of nitrogens with zero attached hydrogens (tertiary/aromatic N) is 1. The van der Waals surface area contributed by atoms with Gasteiger partial charge in [0.2, 0.25) is 5.91 Å². The van der Waals surface area contributed by atoms with Crippen LogP contribution in [0.25, 0.3) is 11.1 Å². The zero-order valence-corrected chi connectivity index (χ0v) is 23.9. The van der Waals surface area contributed by atoms with Crippen molar-refractivity contribution in [1.29, 1.82) is 0 Å². The first-order valence-corrected chi connectivity index (χ1v) is 13.8. The summed E-state index contributed by atoms with van der Waals surface area (Å²) < 4.78 is 48.5. The van der Waals surface area contributed by atoms with Gasteiger partial charge in [-0.2, -0.15) is 8.78 Å². The molecule has 1 fully saturated rings. The van der Waals surface area contributed by atoms with Crippen LogP contribution in [0.3, 0.4) is 0 Å². The second-order valence-corrected chi connectivity index (χ2v) is 9.98. The van der Waals surface area contributed by atoms with Gasteiger partial charge in [-0.25, -0.2) is 4.79 Å². The van der Waals surface area contributed by atoms with Crippen LogP contribution in [0.1, 0.15) is 49.0 Å². The topological polar surface area (TPSA) is 105 Å². The van der Waals surface area contributed by atoms with Crippen LogP contribution in [0.2, 0.25) is 5.02 Å². The largest absolute Gasteiger partial charge is 0.495 e. The molecule has 1 aliphatic heterocycles. The van der Waals surface area contributed by atoms with Crippen molar-refractivity contribution in [3.05, 3.63) is 75.7 Å². The number of esters is 1. The Labute approximate surface area is 246 Å². The molecule has 9 nitrogen and oxygen atoms in total. The van der Waals surface area contributed by atoms with Crippen molar-refractivity contribution in [1.82, 2.24) is 4.57 Å². The minimum absolute atomic E-state index is 0.127. The van der Waals surface area contributed by atoms with E-state index in [1.807, 2.05) is 0 Å². The van der Waals surface area contributed by atoms with Gasteiger partial charge in [0.1, 0.15) is 17.5 Å². The molecule has 2 heterocycles. The predicted molar refractivity (Wildman–Crippen MR) is 153 cm³/mol. The van der Waals surface area contributed by atoms with E-state index in [-0.39, 0.29) is 46.8 Å². The Morgan fingerprint density at radius 3 is 2.48 bits per heavy atom. The second-order valence-electron chi connectivity index (χ2n) is 9.55. The molecule has 1 saturated heterocycles. The molecule has 1 N–H and O–H groups in total. The fourth-order valence-electron chi connectivity index (χ4n) is 4.78. The molecule has 0 spiro atoms. The summed E-state index contributed by atoms with van der Waals surface area (Å²) in [4.78, 5) is 39.2. The molecule has 0 bridgehead atoms. The van der Waals surface area contributed by atoms with Crippen LogP contribution in [0.5, 0.6) is 11.5 Å². The van der Waals surface area contributed by atoms with Crippen molar-refractivity contribution in [2.75, 3.05) is 25.6 Å². The number of aromatic nitrogens is 1. The molecule has 2 aromatic carbocycles. The Morgan fingerprint density at radius 2 is 1.83 bits per heavy atom. The molecule has 2 atom stereocenters. The molecule has 3 aromatic rings. The maximum Gasteiger partial charge on any atom is 0.387 e. The number of benzene rings is 2. The summed E-state index contributed by atoms with van der Waals surface area (Å²) in [7, 11) is 1.36. The second kappa shape index (κ2) is 14.3. The van der Waals surface area contributed by atoms with E-state index < -0.39 is 30.1 Å². The van der Waals surface area contributed by atoms with E-state index in [2.05, 4.69) is 10.1 Å². The van der Waals surface area contributed by atoms with E-state index in [0.29, 0.717) is 17.9 Å². The number of amides is 1. The highest BCUT2D eigenvalue weighted by Crippen LogP contribution is 2.38. The number of anilines is 1. The van der Waals surface area contributed by atoms with Crippen LogP contribution < -0.4 is 20.3 Å². The maximum absolute atomic E-state index is 13.7. The van der Waals surface area contributed by atoms with Crippen molar-refractivity contribution in [3.63, 3.8) is 0 Å². The van der Waals surface area contributed by atoms with Gasteiger partial charge in [-0.05, 0) is 68.7 Å². The standard InChI is InChI=1S/C30H31ClF2N2O7/c1-3-40-29(38)18-7-10-20(11-8-18)34-28(37)24(15-21-6-4-5-13-41-21)35-17-26(39-2)23(16-27(35)36)22-14-19(31)9-12-25(22)42-30(32)33/h7-12,14,16-17,21,24,30H,3-6,13,15H2,1-2H3,(H,34,37)/t21-,24?/m0/s1. The minimum atomic E-state index is -3.11. The molecule has 0 aliphatic carbocycles. The monoisotopic (exact) mass is 604 g/mol. The van der Waals surface area contributed by atoms with Crippen LogP contribution in [0.4, 0.5) is 14.5 Å². The summed E-state index contributed by atoms with van der Waals surface area (Å²) in [6.45, 7) is -0.618. The molecule has 1 amide bonds. The lowest BCUT2D eigenvalue weighted by Gasteiger charge is -2.28. The van der Waals surface area contributed by atoms with Gasteiger partial charge in [0.15, 0.2) is 0 Å². The number of hydrogen-bond acceptors (Lipinski definition) is 7. The summed E-state index contributed by atoms with van der Waals surface area (Å²) in [5.41, 5.74) is 0.450. The smallest absolute Gasteiger partial charge is 0.387 e. The number of carbonyl (C=O) groups is 2. The summed E-state index contributed by atoms with van der Waals surface area (Å²) in [6, 6.07) is 10.4. The van der Waals surface area contributed by atoms with Crippen molar-refractivity contribution in [2.45, 2.75) is 51.4 Å². The van der Waals surface area contributed by atoms with Crippen molar-refractivity contribution in [2.24, 2.45) is 0 Å². The van der Waals surface area contributed by atoms with E-state index in [1.165, 1.54) is 54.3 Å². The highest BCUT2D eigenvalue weighted by atomic mass is 35.5. The quantitative estimate of drug-likeness (QED) is 0.264. The average molecular weight is 605 g/mol. The van der Waals surface area contributed by atoms with E-state index >= 15 is 0 Å². The third kappa shape index (κ3) is 7.65. The van der Waals surface area contributed by atoms with Gasteiger partial charge in [0.05, 0.1) is 31.6 Å². The highest BCUT2D eigenvalue weighted by molar-refractivity contribution is 6.31. The van der Waals surface area contributed by atoms with Gasteiger partial charge in [0, 0.05) is 40.9 Å². The Bertz CT molecular complexity index is 1460. The number of methoxy groups -OCH3 is 1.